The van der Waals surface area contributed by atoms with E-state index in [1.807, 2.05) is 24.3 Å². The van der Waals surface area contributed by atoms with E-state index in [-0.39, 0.29) is 17.9 Å². The molecule has 0 aliphatic carbocycles. The molecule has 0 spiro atoms. The number of carbonyl (C=O) groups is 2. The van der Waals surface area contributed by atoms with Crippen molar-refractivity contribution in [2.45, 2.75) is 44.7 Å². The summed E-state index contributed by atoms with van der Waals surface area (Å²) in [5.41, 5.74) is 2.25. The third kappa shape index (κ3) is 5.28. The fraction of sp³-hybridized carbons (Fsp3) is 0.440. The number of carbonyl (C=O) groups excluding carboxylic acids is 2. The third-order valence-corrected chi connectivity index (χ3v) is 6.82. The van der Waals surface area contributed by atoms with Crippen molar-refractivity contribution in [1.82, 2.24) is 9.80 Å². The minimum atomic E-state index is -0.303. The van der Waals surface area contributed by atoms with E-state index < -0.39 is 0 Å². The molecular weight excluding hydrogens is 412 g/mol. The van der Waals surface area contributed by atoms with Gasteiger partial charge in [-0.15, -0.1) is 0 Å². The number of ether oxygens (including phenoxy) is 1. The van der Waals surface area contributed by atoms with E-state index in [9.17, 15) is 9.59 Å². The highest BCUT2D eigenvalue weighted by Crippen LogP contribution is 2.28. The van der Waals surface area contributed by atoms with E-state index in [2.05, 4.69) is 17.0 Å². The van der Waals surface area contributed by atoms with Gasteiger partial charge < -0.3 is 4.74 Å². The van der Waals surface area contributed by atoms with Crippen LogP contribution < -0.4 is 4.74 Å². The van der Waals surface area contributed by atoms with Gasteiger partial charge in [0.15, 0.2) is 0 Å². The molecule has 0 unspecified atom stereocenters. The van der Waals surface area contributed by atoms with Crippen molar-refractivity contribution >= 4 is 23.4 Å². The fourth-order valence-corrected chi connectivity index (χ4v) is 4.73. The van der Waals surface area contributed by atoms with Gasteiger partial charge >= 0.3 is 0 Å². The molecule has 164 valence electrons. The number of rotatable bonds is 7. The van der Waals surface area contributed by atoms with Crippen molar-refractivity contribution in [2.75, 3.05) is 20.2 Å². The SMILES string of the molecule is COc1ccc(CCC2CCN([C@@H]3CC(=O)N(Cc4ccc(Cl)cc4)C3=O)CC2)cc1. The highest BCUT2D eigenvalue weighted by atomic mass is 35.5. The molecule has 0 radical (unpaired) electrons. The van der Waals surface area contributed by atoms with Crippen LogP contribution in [0.3, 0.4) is 0 Å². The average Bonchev–Trinajstić information content (AvgIpc) is 3.08. The molecule has 2 amide bonds. The molecule has 2 aliphatic heterocycles. The second-order valence-corrected chi connectivity index (χ2v) is 8.97. The number of benzene rings is 2. The normalized spacial score (nSPS) is 20.5. The highest BCUT2D eigenvalue weighted by molar-refractivity contribution is 6.30. The van der Waals surface area contributed by atoms with Crippen molar-refractivity contribution < 1.29 is 14.3 Å². The van der Waals surface area contributed by atoms with Gasteiger partial charge in [-0.25, -0.2) is 0 Å². The van der Waals surface area contributed by atoms with Crippen LogP contribution in [0.5, 0.6) is 5.75 Å². The maximum atomic E-state index is 13.0. The fourth-order valence-electron chi connectivity index (χ4n) is 4.61. The van der Waals surface area contributed by atoms with Crippen LogP contribution in [-0.2, 0) is 22.6 Å². The Kier molecular flexibility index (Phi) is 6.93. The monoisotopic (exact) mass is 440 g/mol. The Bertz CT molecular complexity index is 905. The Morgan fingerprint density at radius 2 is 1.61 bits per heavy atom. The number of methoxy groups -OCH3 is 1. The van der Waals surface area contributed by atoms with Crippen LogP contribution in [0, 0.1) is 5.92 Å². The molecule has 0 saturated carbocycles. The quantitative estimate of drug-likeness (QED) is 0.601. The minimum Gasteiger partial charge on any atom is -0.497 e. The number of aryl methyl sites for hydroxylation is 1. The van der Waals surface area contributed by atoms with Gasteiger partial charge in [0.05, 0.1) is 26.1 Å². The van der Waals surface area contributed by atoms with Crippen molar-refractivity contribution in [3.63, 3.8) is 0 Å². The van der Waals surface area contributed by atoms with E-state index in [0.29, 0.717) is 23.9 Å². The standard InChI is InChI=1S/C25H29ClN2O3/c1-31-22-10-6-18(7-11-22)2-3-19-12-14-27(15-13-19)23-16-24(29)28(25(23)30)17-20-4-8-21(26)9-5-20/h4-11,19,23H,2-3,12-17H2,1H3/t23-/m1/s1. The summed E-state index contributed by atoms with van der Waals surface area (Å²) in [6, 6.07) is 15.3. The number of likely N-dealkylation sites (tertiary alicyclic amines) is 2. The summed E-state index contributed by atoms with van der Waals surface area (Å²) in [6.45, 7) is 2.08. The van der Waals surface area contributed by atoms with Gasteiger partial charge in [0.25, 0.3) is 0 Å². The smallest absolute Gasteiger partial charge is 0.247 e. The van der Waals surface area contributed by atoms with Gasteiger partial charge in [-0.1, -0.05) is 35.9 Å². The van der Waals surface area contributed by atoms with Crippen LogP contribution in [0.2, 0.25) is 5.02 Å². The predicted octanol–water partition coefficient (Wildman–Crippen LogP) is 4.32. The lowest BCUT2D eigenvalue weighted by molar-refractivity contribution is -0.140. The number of imide groups is 1. The van der Waals surface area contributed by atoms with Crippen molar-refractivity contribution in [2.24, 2.45) is 5.92 Å². The number of halogens is 1. The lowest BCUT2D eigenvalue weighted by Gasteiger charge is -2.34. The molecule has 2 aliphatic rings. The molecule has 2 aromatic carbocycles. The zero-order valence-corrected chi connectivity index (χ0v) is 18.7. The van der Waals surface area contributed by atoms with Crippen LogP contribution in [0.4, 0.5) is 0 Å². The zero-order valence-electron chi connectivity index (χ0n) is 17.9. The lowest BCUT2D eigenvalue weighted by atomic mass is 9.90. The molecular formula is C25H29ClN2O3. The number of hydrogen-bond acceptors (Lipinski definition) is 4. The second-order valence-electron chi connectivity index (χ2n) is 8.53. The maximum Gasteiger partial charge on any atom is 0.247 e. The Balaban J connectivity index is 1.26. The van der Waals surface area contributed by atoms with Crippen molar-refractivity contribution in [3.05, 3.63) is 64.7 Å². The van der Waals surface area contributed by atoms with Crippen LogP contribution in [-0.4, -0.2) is 47.9 Å². The van der Waals surface area contributed by atoms with Crippen LogP contribution in [0.1, 0.15) is 36.8 Å². The van der Waals surface area contributed by atoms with Gasteiger partial charge in [0, 0.05) is 5.02 Å². The minimum absolute atomic E-state index is 0.0587. The maximum absolute atomic E-state index is 13.0. The molecule has 2 heterocycles. The molecule has 5 nitrogen and oxygen atoms in total. The Hall–Kier alpha value is -2.37. The lowest BCUT2D eigenvalue weighted by Crippen LogP contribution is -2.45. The Morgan fingerprint density at radius 1 is 0.968 bits per heavy atom. The first-order valence-corrected chi connectivity index (χ1v) is 11.4. The molecule has 0 N–H and O–H groups in total. The second kappa shape index (κ2) is 9.84. The van der Waals surface area contributed by atoms with Crippen molar-refractivity contribution in [1.29, 1.82) is 0 Å². The first-order chi connectivity index (χ1) is 15.0. The van der Waals surface area contributed by atoms with Gasteiger partial charge in [-0.2, -0.15) is 0 Å². The van der Waals surface area contributed by atoms with E-state index in [0.717, 1.165) is 50.1 Å². The van der Waals surface area contributed by atoms with Gasteiger partial charge in [0.2, 0.25) is 11.8 Å². The molecule has 6 heteroatoms. The first kappa shape index (κ1) is 21.8. The van der Waals surface area contributed by atoms with Crippen LogP contribution in [0.15, 0.2) is 48.5 Å². The first-order valence-electron chi connectivity index (χ1n) is 11.0. The summed E-state index contributed by atoms with van der Waals surface area (Å²) in [5.74, 6) is 1.41. The summed E-state index contributed by atoms with van der Waals surface area (Å²) in [5, 5.41) is 0.649. The van der Waals surface area contributed by atoms with E-state index >= 15 is 0 Å². The van der Waals surface area contributed by atoms with E-state index in [1.165, 1.54) is 10.5 Å². The van der Waals surface area contributed by atoms with Gasteiger partial charge in [0.1, 0.15) is 5.75 Å². The predicted molar refractivity (Wildman–Crippen MR) is 121 cm³/mol. The molecule has 31 heavy (non-hydrogen) atoms. The summed E-state index contributed by atoms with van der Waals surface area (Å²) in [6.07, 6.45) is 4.66. The Labute approximate surface area is 188 Å². The molecule has 4 rings (SSSR count). The number of hydrogen-bond donors (Lipinski definition) is 0. The van der Waals surface area contributed by atoms with Crippen LogP contribution >= 0.6 is 11.6 Å². The number of nitrogens with zero attached hydrogens (tertiary/aromatic N) is 2. The van der Waals surface area contributed by atoms with Gasteiger partial charge in [-0.05, 0) is 80.1 Å². The summed E-state index contributed by atoms with van der Waals surface area (Å²) < 4.78 is 5.22. The molecule has 0 aromatic heterocycles. The molecule has 2 saturated heterocycles. The van der Waals surface area contributed by atoms with Crippen LogP contribution in [0.25, 0.3) is 0 Å². The summed E-state index contributed by atoms with van der Waals surface area (Å²) in [4.78, 5) is 29.1. The van der Waals surface area contributed by atoms with E-state index in [1.54, 1.807) is 19.2 Å². The van der Waals surface area contributed by atoms with E-state index in [4.69, 9.17) is 16.3 Å². The largest absolute Gasteiger partial charge is 0.497 e. The number of amides is 2. The number of piperidine rings is 1. The topological polar surface area (TPSA) is 49.9 Å². The molecule has 1 atom stereocenters. The molecule has 0 bridgehead atoms. The summed E-state index contributed by atoms with van der Waals surface area (Å²) >= 11 is 5.93. The van der Waals surface area contributed by atoms with Gasteiger partial charge in [-0.3, -0.25) is 19.4 Å². The molecule has 2 fully saturated rings. The highest BCUT2D eigenvalue weighted by Gasteiger charge is 2.42. The van der Waals surface area contributed by atoms with Crippen molar-refractivity contribution in [3.8, 4) is 5.75 Å². The average molecular weight is 441 g/mol. The zero-order chi connectivity index (χ0) is 21.8. The summed E-state index contributed by atoms with van der Waals surface area (Å²) in [7, 11) is 1.68. The Morgan fingerprint density at radius 3 is 2.26 bits per heavy atom. The molecule has 2 aromatic rings. The third-order valence-electron chi connectivity index (χ3n) is 6.56.